The fraction of sp³-hybridized carbons (Fsp3) is 0.385. The van der Waals surface area contributed by atoms with E-state index >= 15 is 0 Å². The van der Waals surface area contributed by atoms with Gasteiger partial charge in [0.05, 0.1) is 0 Å². The Hall–Kier alpha value is -2.11. The van der Waals surface area contributed by atoms with Crippen molar-refractivity contribution >= 4 is 17.7 Å². The molecule has 0 spiro atoms. The minimum atomic E-state index is -1.01. The molecule has 0 bridgehead atoms. The van der Waals surface area contributed by atoms with Gasteiger partial charge in [0.25, 0.3) is 0 Å². The van der Waals surface area contributed by atoms with E-state index in [2.05, 4.69) is 5.32 Å². The zero-order chi connectivity index (χ0) is 14.0. The number of anilines is 1. The van der Waals surface area contributed by atoms with Crippen molar-refractivity contribution in [2.24, 2.45) is 0 Å². The summed E-state index contributed by atoms with van der Waals surface area (Å²) in [6.07, 6.45) is 1.11. The van der Waals surface area contributed by atoms with E-state index in [1.165, 1.54) is 17.0 Å². The molecule has 0 saturated carbocycles. The second-order valence-electron chi connectivity index (χ2n) is 4.64. The number of carboxylic acid groups (broad SMARTS) is 1. The summed E-state index contributed by atoms with van der Waals surface area (Å²) in [6, 6.07) is 2.89. The molecule has 1 aliphatic rings. The van der Waals surface area contributed by atoms with E-state index in [4.69, 9.17) is 5.11 Å². The summed E-state index contributed by atoms with van der Waals surface area (Å²) >= 11 is 0. The number of hydrogen-bond acceptors (Lipinski definition) is 2. The number of nitrogens with zero attached hydrogens (tertiary/aromatic N) is 1. The number of benzene rings is 1. The Balaban J connectivity index is 2.10. The van der Waals surface area contributed by atoms with Crippen molar-refractivity contribution in [3.63, 3.8) is 0 Å². The lowest BCUT2D eigenvalue weighted by atomic mass is 10.2. The van der Waals surface area contributed by atoms with Crippen molar-refractivity contribution in [1.29, 1.82) is 0 Å². The molecule has 0 unspecified atom stereocenters. The lowest BCUT2D eigenvalue weighted by Gasteiger charge is -2.21. The Kier molecular flexibility index (Phi) is 3.69. The van der Waals surface area contributed by atoms with E-state index in [9.17, 15) is 14.0 Å². The van der Waals surface area contributed by atoms with Gasteiger partial charge in [0.1, 0.15) is 11.9 Å². The highest BCUT2D eigenvalue weighted by molar-refractivity contribution is 5.92. The van der Waals surface area contributed by atoms with Crippen LogP contribution >= 0.6 is 0 Å². The highest BCUT2D eigenvalue weighted by Crippen LogP contribution is 2.20. The Labute approximate surface area is 110 Å². The Morgan fingerprint density at radius 3 is 2.79 bits per heavy atom. The molecule has 19 heavy (non-hydrogen) atoms. The molecule has 2 rings (SSSR count). The number of carbonyl (C=O) groups excluding carboxylic acids is 1. The van der Waals surface area contributed by atoms with Crippen LogP contribution in [0.2, 0.25) is 0 Å². The number of carbonyl (C=O) groups is 2. The number of halogens is 1. The van der Waals surface area contributed by atoms with Gasteiger partial charge >= 0.3 is 12.0 Å². The van der Waals surface area contributed by atoms with Gasteiger partial charge in [0.2, 0.25) is 0 Å². The fourth-order valence-corrected chi connectivity index (χ4v) is 2.27. The predicted molar refractivity (Wildman–Crippen MR) is 67.5 cm³/mol. The van der Waals surface area contributed by atoms with Gasteiger partial charge in [0, 0.05) is 12.2 Å². The van der Waals surface area contributed by atoms with Crippen LogP contribution in [0.25, 0.3) is 0 Å². The summed E-state index contributed by atoms with van der Waals surface area (Å²) in [6.45, 7) is 2.12. The molecule has 1 aromatic carbocycles. The largest absolute Gasteiger partial charge is 0.480 e. The van der Waals surface area contributed by atoms with Crippen LogP contribution in [-0.4, -0.2) is 34.6 Å². The Bertz CT molecular complexity index is 498. The van der Waals surface area contributed by atoms with Crippen molar-refractivity contribution in [1.82, 2.24) is 4.90 Å². The monoisotopic (exact) mass is 266 g/mol. The molecule has 5 nitrogen and oxygen atoms in total. The molecule has 0 aromatic heterocycles. The lowest BCUT2D eigenvalue weighted by molar-refractivity contribution is -0.141. The summed E-state index contributed by atoms with van der Waals surface area (Å²) in [4.78, 5) is 24.2. The van der Waals surface area contributed by atoms with Crippen molar-refractivity contribution in [3.8, 4) is 0 Å². The van der Waals surface area contributed by atoms with Gasteiger partial charge < -0.3 is 15.3 Å². The molecular weight excluding hydrogens is 251 g/mol. The van der Waals surface area contributed by atoms with Gasteiger partial charge in [-0.3, -0.25) is 0 Å². The van der Waals surface area contributed by atoms with Crippen LogP contribution in [0.5, 0.6) is 0 Å². The topological polar surface area (TPSA) is 69.6 Å². The van der Waals surface area contributed by atoms with Crippen LogP contribution in [0.3, 0.4) is 0 Å². The van der Waals surface area contributed by atoms with Crippen LogP contribution in [0.4, 0.5) is 14.9 Å². The van der Waals surface area contributed by atoms with Crippen molar-refractivity contribution in [2.45, 2.75) is 25.8 Å². The van der Waals surface area contributed by atoms with Crippen molar-refractivity contribution in [3.05, 3.63) is 29.6 Å². The van der Waals surface area contributed by atoms with E-state index in [1.807, 2.05) is 0 Å². The first-order valence-electron chi connectivity index (χ1n) is 6.05. The zero-order valence-electron chi connectivity index (χ0n) is 10.5. The molecule has 1 aliphatic heterocycles. The Morgan fingerprint density at radius 1 is 1.42 bits per heavy atom. The molecular formula is C13H15FN2O3. The van der Waals surface area contributed by atoms with E-state index in [1.54, 1.807) is 13.0 Å². The first kappa shape index (κ1) is 13.3. The highest BCUT2D eigenvalue weighted by atomic mass is 19.1. The highest BCUT2D eigenvalue weighted by Gasteiger charge is 2.33. The molecule has 1 atom stereocenters. The normalized spacial score (nSPS) is 18.4. The summed E-state index contributed by atoms with van der Waals surface area (Å²) in [5.41, 5.74) is 1.02. The van der Waals surface area contributed by atoms with E-state index < -0.39 is 23.9 Å². The smallest absolute Gasteiger partial charge is 0.326 e. The second kappa shape index (κ2) is 5.26. The third-order valence-electron chi connectivity index (χ3n) is 3.09. The van der Waals surface area contributed by atoms with Crippen LogP contribution < -0.4 is 5.32 Å². The third-order valence-corrected chi connectivity index (χ3v) is 3.09. The van der Waals surface area contributed by atoms with Crippen LogP contribution in [-0.2, 0) is 4.79 Å². The average molecular weight is 266 g/mol. The molecule has 0 aliphatic carbocycles. The first-order chi connectivity index (χ1) is 8.97. The van der Waals surface area contributed by atoms with Gasteiger partial charge in [-0.05, 0) is 43.5 Å². The summed E-state index contributed by atoms with van der Waals surface area (Å²) in [7, 11) is 0. The predicted octanol–water partition coefficient (Wildman–Crippen LogP) is 2.22. The molecule has 102 valence electrons. The van der Waals surface area contributed by atoms with E-state index in [0.717, 1.165) is 0 Å². The lowest BCUT2D eigenvalue weighted by Crippen LogP contribution is -2.42. The quantitative estimate of drug-likeness (QED) is 0.862. The van der Waals surface area contributed by atoms with Crippen molar-refractivity contribution in [2.75, 3.05) is 11.9 Å². The molecule has 0 radical (unpaired) electrons. The standard InChI is InChI=1S/C13H15FN2O3/c1-8-5-9(14)7-10(6-8)15-13(19)16-4-2-3-11(16)12(17)18/h5-7,11H,2-4H2,1H3,(H,15,19)(H,17,18)/t11-/m0/s1. The van der Waals surface area contributed by atoms with E-state index in [0.29, 0.717) is 30.6 Å². The van der Waals surface area contributed by atoms with Gasteiger partial charge in [-0.25, -0.2) is 14.0 Å². The number of amides is 2. The van der Waals surface area contributed by atoms with Crippen molar-refractivity contribution < 1.29 is 19.1 Å². The van der Waals surface area contributed by atoms with E-state index in [-0.39, 0.29) is 0 Å². The Morgan fingerprint density at radius 2 is 2.16 bits per heavy atom. The molecule has 6 heteroatoms. The SMILES string of the molecule is Cc1cc(F)cc(NC(=O)N2CCC[C@H]2C(=O)O)c1. The zero-order valence-corrected chi connectivity index (χ0v) is 10.5. The van der Waals surface area contributed by atoms with Gasteiger partial charge in [-0.15, -0.1) is 0 Å². The second-order valence-corrected chi connectivity index (χ2v) is 4.64. The molecule has 1 aromatic rings. The molecule has 2 amide bonds. The number of nitrogens with one attached hydrogen (secondary N) is 1. The molecule has 2 N–H and O–H groups in total. The molecule has 1 heterocycles. The van der Waals surface area contributed by atoms with Crippen LogP contribution in [0.1, 0.15) is 18.4 Å². The van der Waals surface area contributed by atoms with Gasteiger partial charge in [-0.2, -0.15) is 0 Å². The fourth-order valence-electron chi connectivity index (χ4n) is 2.27. The molecule has 1 fully saturated rings. The number of aryl methyl sites for hydroxylation is 1. The van der Waals surface area contributed by atoms with Crippen LogP contribution in [0, 0.1) is 12.7 Å². The molecule has 1 saturated heterocycles. The maximum atomic E-state index is 13.2. The summed E-state index contributed by atoms with van der Waals surface area (Å²) in [5.74, 6) is -1.45. The number of urea groups is 1. The number of carboxylic acids is 1. The minimum Gasteiger partial charge on any atom is -0.480 e. The summed E-state index contributed by atoms with van der Waals surface area (Å²) in [5, 5.41) is 11.5. The van der Waals surface area contributed by atoms with Gasteiger partial charge in [-0.1, -0.05) is 0 Å². The summed E-state index contributed by atoms with van der Waals surface area (Å²) < 4.78 is 13.2. The van der Waals surface area contributed by atoms with Gasteiger partial charge in [0.15, 0.2) is 0 Å². The number of likely N-dealkylation sites (tertiary alicyclic amines) is 1. The number of hydrogen-bond donors (Lipinski definition) is 2. The number of aliphatic carboxylic acids is 1. The minimum absolute atomic E-state index is 0.332. The van der Waals surface area contributed by atoms with Crippen LogP contribution in [0.15, 0.2) is 18.2 Å². The third kappa shape index (κ3) is 3.01. The maximum absolute atomic E-state index is 13.2. The number of rotatable bonds is 2. The average Bonchev–Trinajstić information content (AvgIpc) is 2.75. The first-order valence-corrected chi connectivity index (χ1v) is 6.05. The maximum Gasteiger partial charge on any atom is 0.326 e.